The van der Waals surface area contributed by atoms with Crippen LogP contribution >= 0.6 is 0 Å². The van der Waals surface area contributed by atoms with E-state index in [1.807, 2.05) is 30.3 Å². The van der Waals surface area contributed by atoms with Gasteiger partial charge in [-0.2, -0.15) is 4.80 Å². The van der Waals surface area contributed by atoms with Gasteiger partial charge in [0.1, 0.15) is 18.1 Å². The van der Waals surface area contributed by atoms with Gasteiger partial charge in [0.05, 0.1) is 0 Å². The summed E-state index contributed by atoms with van der Waals surface area (Å²) in [7, 11) is 0. The van der Waals surface area contributed by atoms with Crippen molar-refractivity contribution in [3.8, 4) is 11.4 Å². The molecule has 2 amide bonds. The molecule has 1 saturated carbocycles. The van der Waals surface area contributed by atoms with Crippen molar-refractivity contribution >= 4 is 23.3 Å². The molecule has 0 bridgehead atoms. The molecule has 1 N–H and O–H groups in total. The summed E-state index contributed by atoms with van der Waals surface area (Å²) in [5, 5.41) is 15.7. The fraction of sp³-hybridized carbons (Fsp3) is 0.333. The van der Waals surface area contributed by atoms with Gasteiger partial charge >= 0.3 is 0 Å². The van der Waals surface area contributed by atoms with Crippen molar-refractivity contribution in [1.29, 1.82) is 0 Å². The second-order valence-corrected chi connectivity index (χ2v) is 10.1. The van der Waals surface area contributed by atoms with Crippen LogP contribution in [0.4, 0.5) is 5.69 Å². The van der Waals surface area contributed by atoms with Crippen molar-refractivity contribution in [3.63, 3.8) is 0 Å². The number of hydrogen-bond donors (Lipinski definition) is 1. The highest BCUT2D eigenvalue weighted by Gasteiger charge is 2.36. The topological polar surface area (TPSA) is 123 Å². The normalized spacial score (nSPS) is 14.4. The Morgan fingerprint density at radius 1 is 1.00 bits per heavy atom. The number of ketones is 1. The largest absolute Gasteiger partial charge is 0.464 e. The monoisotopic (exact) mass is 540 g/mol. The molecular weight excluding hydrogens is 508 g/mol. The molecule has 2 aromatic heterocycles. The number of amides is 2. The van der Waals surface area contributed by atoms with Gasteiger partial charge in [-0.25, -0.2) is 0 Å². The van der Waals surface area contributed by atoms with Gasteiger partial charge in [0, 0.05) is 22.9 Å². The van der Waals surface area contributed by atoms with Crippen LogP contribution in [0, 0.1) is 6.92 Å². The van der Waals surface area contributed by atoms with Gasteiger partial charge < -0.3 is 9.73 Å². The van der Waals surface area contributed by atoms with Crippen molar-refractivity contribution in [2.75, 3.05) is 4.90 Å². The van der Waals surface area contributed by atoms with Gasteiger partial charge in [-0.3, -0.25) is 19.3 Å². The molecule has 1 fully saturated rings. The molecule has 2 aromatic carbocycles. The third kappa shape index (κ3) is 6.17. The first-order valence-corrected chi connectivity index (χ1v) is 13.5. The quantitative estimate of drug-likeness (QED) is 0.306. The van der Waals surface area contributed by atoms with Crippen LogP contribution in [0.3, 0.4) is 0 Å². The predicted octanol–water partition coefficient (Wildman–Crippen LogP) is 4.67. The molecule has 5 rings (SSSR count). The zero-order valence-electron chi connectivity index (χ0n) is 22.6. The number of benzene rings is 2. The fourth-order valence-electron chi connectivity index (χ4n) is 5.01. The van der Waals surface area contributed by atoms with Gasteiger partial charge in [0.25, 0.3) is 11.8 Å². The van der Waals surface area contributed by atoms with E-state index in [-0.39, 0.29) is 24.3 Å². The Labute approximate surface area is 232 Å². The Morgan fingerprint density at radius 2 is 1.73 bits per heavy atom. The van der Waals surface area contributed by atoms with Gasteiger partial charge in [0.15, 0.2) is 11.8 Å². The van der Waals surface area contributed by atoms with Crippen LogP contribution in [-0.4, -0.2) is 43.8 Å². The molecule has 40 heavy (non-hydrogen) atoms. The van der Waals surface area contributed by atoms with Crippen LogP contribution in [-0.2, 0) is 16.1 Å². The molecule has 0 spiro atoms. The third-order valence-corrected chi connectivity index (χ3v) is 7.07. The van der Waals surface area contributed by atoms with Gasteiger partial charge in [-0.15, -0.1) is 10.2 Å². The minimum atomic E-state index is -1.08. The number of anilines is 1. The van der Waals surface area contributed by atoms with Crippen LogP contribution in [0.1, 0.15) is 66.9 Å². The van der Waals surface area contributed by atoms with Crippen molar-refractivity contribution in [2.45, 2.75) is 64.6 Å². The minimum absolute atomic E-state index is 0.0299. The molecule has 206 valence electrons. The molecular formula is C30H32N6O4. The zero-order chi connectivity index (χ0) is 28.1. The van der Waals surface area contributed by atoms with E-state index < -0.39 is 11.9 Å². The number of carbonyl (C=O) groups is 3. The van der Waals surface area contributed by atoms with Crippen LogP contribution in [0.25, 0.3) is 11.4 Å². The Bertz CT molecular complexity index is 1470. The molecule has 10 nitrogen and oxygen atoms in total. The maximum atomic E-state index is 14.0. The van der Waals surface area contributed by atoms with Gasteiger partial charge in [-0.05, 0) is 68.3 Å². The first-order chi connectivity index (χ1) is 19.4. The van der Waals surface area contributed by atoms with E-state index in [4.69, 9.17) is 4.42 Å². The molecule has 0 unspecified atom stereocenters. The lowest BCUT2D eigenvalue weighted by molar-refractivity contribution is -0.128. The van der Waals surface area contributed by atoms with Crippen molar-refractivity contribution < 1.29 is 18.8 Å². The average molecular weight is 541 g/mol. The van der Waals surface area contributed by atoms with E-state index in [2.05, 4.69) is 20.7 Å². The highest BCUT2D eigenvalue weighted by atomic mass is 16.3. The van der Waals surface area contributed by atoms with Crippen molar-refractivity contribution in [2.24, 2.45) is 0 Å². The predicted molar refractivity (Wildman–Crippen MR) is 148 cm³/mol. The van der Waals surface area contributed by atoms with E-state index >= 15 is 0 Å². The highest BCUT2D eigenvalue weighted by Crippen LogP contribution is 2.31. The summed E-state index contributed by atoms with van der Waals surface area (Å²) in [6.45, 7) is 3.00. The fourth-order valence-corrected chi connectivity index (χ4v) is 5.01. The summed E-state index contributed by atoms with van der Waals surface area (Å²) in [5.41, 5.74) is 1.71. The number of Topliss-reactive ketones (excluding diaryl/α,β-unsaturated/α-hetero) is 1. The van der Waals surface area contributed by atoms with E-state index in [9.17, 15) is 14.4 Å². The van der Waals surface area contributed by atoms with E-state index in [0.29, 0.717) is 28.6 Å². The highest BCUT2D eigenvalue weighted by molar-refractivity contribution is 6.01. The van der Waals surface area contributed by atoms with Crippen LogP contribution in [0.15, 0.2) is 71.1 Å². The zero-order valence-corrected chi connectivity index (χ0v) is 22.6. The molecule has 10 heteroatoms. The minimum Gasteiger partial charge on any atom is -0.464 e. The smallest absolute Gasteiger partial charge is 0.251 e. The first-order valence-electron chi connectivity index (χ1n) is 13.5. The number of nitrogens with one attached hydrogen (secondary N) is 1. The Morgan fingerprint density at radius 3 is 2.38 bits per heavy atom. The Balaban J connectivity index is 1.50. The number of carbonyl (C=O) groups excluding carboxylic acids is 3. The summed E-state index contributed by atoms with van der Waals surface area (Å²) in [4.78, 5) is 42.4. The number of nitrogens with zero attached hydrogens (tertiary/aromatic N) is 5. The SMILES string of the molecule is CC(=O)c1ccc(N(C(=O)Cn2nnc(-c3ccccc3)n2)[C@@H](C(=O)NC2CCCCC2)c2ccc(C)o2)cc1. The van der Waals surface area contributed by atoms with E-state index in [1.165, 1.54) is 16.6 Å². The lowest BCUT2D eigenvalue weighted by Gasteiger charge is -2.32. The van der Waals surface area contributed by atoms with Crippen molar-refractivity contribution in [1.82, 2.24) is 25.5 Å². The van der Waals surface area contributed by atoms with Crippen LogP contribution in [0.2, 0.25) is 0 Å². The maximum absolute atomic E-state index is 14.0. The number of tetrazole rings is 1. The number of furan rings is 1. The molecule has 2 heterocycles. The third-order valence-electron chi connectivity index (χ3n) is 7.07. The molecule has 0 aliphatic heterocycles. The average Bonchev–Trinajstić information content (AvgIpc) is 3.61. The number of aryl methyl sites for hydroxylation is 1. The van der Waals surface area contributed by atoms with Crippen LogP contribution < -0.4 is 10.2 Å². The maximum Gasteiger partial charge on any atom is 0.251 e. The lowest BCUT2D eigenvalue weighted by Crippen LogP contribution is -2.48. The summed E-state index contributed by atoms with van der Waals surface area (Å²) in [5.74, 6) is 0.478. The molecule has 4 aromatic rings. The summed E-state index contributed by atoms with van der Waals surface area (Å²) >= 11 is 0. The summed E-state index contributed by atoms with van der Waals surface area (Å²) in [6.07, 6.45) is 5.03. The van der Waals surface area contributed by atoms with Gasteiger partial charge in [0.2, 0.25) is 5.82 Å². The molecule has 1 aliphatic rings. The van der Waals surface area contributed by atoms with Gasteiger partial charge in [-0.1, -0.05) is 49.6 Å². The Kier molecular flexibility index (Phi) is 8.14. The molecule has 0 saturated heterocycles. The molecule has 1 atom stereocenters. The molecule has 0 radical (unpaired) electrons. The second kappa shape index (κ2) is 12.1. The molecule has 1 aliphatic carbocycles. The number of rotatable bonds is 9. The second-order valence-electron chi connectivity index (χ2n) is 10.1. The van der Waals surface area contributed by atoms with E-state index in [1.54, 1.807) is 43.3 Å². The number of aromatic nitrogens is 4. The summed E-state index contributed by atoms with van der Waals surface area (Å²) < 4.78 is 5.92. The van der Waals surface area contributed by atoms with Crippen molar-refractivity contribution in [3.05, 3.63) is 83.8 Å². The standard InChI is InChI=1S/C30H32N6O4/c1-20-13-18-26(40-20)28(30(39)31-24-11-7-4-8-12-24)36(25-16-14-22(15-17-25)21(2)37)27(38)19-35-33-29(32-34-35)23-9-5-3-6-10-23/h3,5-6,9-10,13-18,24,28H,4,7-8,11-12,19H2,1-2H3,(H,31,39)/t28-/m1/s1. The van der Waals surface area contributed by atoms with Crippen LogP contribution in [0.5, 0.6) is 0 Å². The van der Waals surface area contributed by atoms with E-state index in [0.717, 1.165) is 37.7 Å². The summed E-state index contributed by atoms with van der Waals surface area (Å²) in [6, 6.07) is 18.4. The lowest BCUT2D eigenvalue weighted by atomic mass is 9.95. The number of hydrogen-bond acceptors (Lipinski definition) is 7. The Hall–Kier alpha value is -4.60. The first kappa shape index (κ1) is 27.0.